The highest BCUT2D eigenvalue weighted by Gasteiger charge is 2.13. The molecule has 7 heteroatoms. The number of nitrogens with zero attached hydrogens (tertiary/aromatic N) is 2. The van der Waals surface area contributed by atoms with Crippen molar-refractivity contribution in [1.29, 1.82) is 0 Å². The van der Waals surface area contributed by atoms with E-state index >= 15 is 0 Å². The molecule has 0 aliphatic rings. The predicted molar refractivity (Wildman–Crippen MR) is 73.4 cm³/mol. The summed E-state index contributed by atoms with van der Waals surface area (Å²) in [5.74, 6) is -2.32. The second kappa shape index (κ2) is 5.74. The molecule has 0 amide bonds. The topological polar surface area (TPSA) is 80.6 Å². The first kappa shape index (κ1) is 14.7. The van der Waals surface area contributed by atoms with Gasteiger partial charge in [0, 0.05) is 11.3 Å². The third-order valence-electron chi connectivity index (χ3n) is 3.14. The van der Waals surface area contributed by atoms with Gasteiger partial charge in [0.05, 0.1) is 12.1 Å². The lowest BCUT2D eigenvalue weighted by Gasteiger charge is -2.12. The number of hydrogen-bond acceptors (Lipinski definition) is 3. The van der Waals surface area contributed by atoms with E-state index in [9.17, 15) is 13.6 Å². The van der Waals surface area contributed by atoms with Gasteiger partial charge < -0.3 is 15.5 Å². The summed E-state index contributed by atoms with van der Waals surface area (Å²) < 4.78 is 28.1. The van der Waals surface area contributed by atoms with Crippen LogP contribution in [-0.4, -0.2) is 15.6 Å². The molecule has 0 fully saturated rings. The van der Waals surface area contributed by atoms with Gasteiger partial charge in [-0.2, -0.15) is 0 Å². The van der Waals surface area contributed by atoms with E-state index in [2.05, 4.69) is 5.16 Å². The number of aryl methyl sites for hydroxylation is 1. The average Bonchev–Trinajstić information content (AvgIpc) is 2.47. The third kappa shape index (κ3) is 2.76. The molecule has 0 spiro atoms. The van der Waals surface area contributed by atoms with Crippen LogP contribution in [0.2, 0.25) is 0 Å². The van der Waals surface area contributed by atoms with E-state index in [4.69, 9.17) is 10.9 Å². The van der Waals surface area contributed by atoms with Gasteiger partial charge >= 0.3 is 0 Å². The van der Waals surface area contributed by atoms with Crippen LogP contribution < -0.4 is 11.3 Å². The minimum atomic E-state index is -1.00. The normalized spacial score (nSPS) is 11.7. The minimum absolute atomic E-state index is 0.0140. The van der Waals surface area contributed by atoms with E-state index in [0.717, 1.165) is 6.07 Å². The van der Waals surface area contributed by atoms with Crippen molar-refractivity contribution >= 4 is 5.84 Å². The number of halogens is 2. The molecule has 0 bridgehead atoms. The number of rotatable bonds is 3. The fourth-order valence-corrected chi connectivity index (χ4v) is 1.96. The lowest BCUT2D eigenvalue weighted by atomic mass is 10.1. The molecular formula is C14H13F2N3O2. The Morgan fingerprint density at radius 3 is 2.71 bits per heavy atom. The first-order valence-electron chi connectivity index (χ1n) is 6.07. The van der Waals surface area contributed by atoms with Gasteiger partial charge in [0.25, 0.3) is 5.56 Å². The summed E-state index contributed by atoms with van der Waals surface area (Å²) >= 11 is 0. The van der Waals surface area contributed by atoms with Crippen molar-refractivity contribution < 1.29 is 14.0 Å². The summed E-state index contributed by atoms with van der Waals surface area (Å²) in [7, 11) is 0. The number of hydrogen-bond donors (Lipinski definition) is 2. The molecule has 0 aliphatic heterocycles. The Balaban J connectivity index is 2.54. The Morgan fingerprint density at radius 1 is 1.33 bits per heavy atom. The van der Waals surface area contributed by atoms with Crippen molar-refractivity contribution in [2.24, 2.45) is 10.9 Å². The molecule has 2 aromatic rings. The van der Waals surface area contributed by atoms with Crippen LogP contribution in [0.25, 0.3) is 0 Å². The van der Waals surface area contributed by atoms with Crippen LogP contribution in [0.3, 0.4) is 0 Å². The number of nitrogens with two attached hydrogens (primary N) is 1. The van der Waals surface area contributed by atoms with Crippen LogP contribution in [0.5, 0.6) is 0 Å². The molecule has 0 aliphatic carbocycles. The molecule has 0 unspecified atom stereocenters. The molecule has 21 heavy (non-hydrogen) atoms. The maximum Gasteiger partial charge on any atom is 0.262 e. The Kier molecular flexibility index (Phi) is 4.02. The summed E-state index contributed by atoms with van der Waals surface area (Å²) in [5.41, 5.74) is 5.43. The highest BCUT2D eigenvalue weighted by atomic mass is 19.2. The molecular weight excluding hydrogens is 280 g/mol. The largest absolute Gasteiger partial charge is 0.409 e. The number of amidine groups is 1. The van der Waals surface area contributed by atoms with Gasteiger partial charge in [0.2, 0.25) is 0 Å². The van der Waals surface area contributed by atoms with Gasteiger partial charge in [-0.3, -0.25) is 4.79 Å². The fraction of sp³-hybridized carbons (Fsp3) is 0.143. The number of pyridine rings is 1. The molecule has 3 N–H and O–H groups in total. The van der Waals surface area contributed by atoms with E-state index in [1.807, 2.05) is 0 Å². The molecule has 1 aromatic heterocycles. The summed E-state index contributed by atoms with van der Waals surface area (Å²) in [4.78, 5) is 12.3. The molecule has 0 saturated heterocycles. The molecule has 1 heterocycles. The molecule has 0 radical (unpaired) electrons. The van der Waals surface area contributed by atoms with Gasteiger partial charge in [0.15, 0.2) is 17.5 Å². The van der Waals surface area contributed by atoms with Crippen molar-refractivity contribution in [1.82, 2.24) is 4.57 Å². The maximum absolute atomic E-state index is 13.7. The third-order valence-corrected chi connectivity index (χ3v) is 3.14. The van der Waals surface area contributed by atoms with E-state index in [1.54, 1.807) is 13.0 Å². The Hall–Kier alpha value is -2.70. The summed E-state index contributed by atoms with van der Waals surface area (Å²) in [6.07, 6.45) is 0. The van der Waals surface area contributed by atoms with E-state index < -0.39 is 17.2 Å². The summed E-state index contributed by atoms with van der Waals surface area (Å²) in [6.45, 7) is 1.50. The monoisotopic (exact) mass is 293 g/mol. The van der Waals surface area contributed by atoms with Crippen LogP contribution >= 0.6 is 0 Å². The number of aromatic nitrogens is 1. The van der Waals surface area contributed by atoms with Crippen LogP contribution in [0, 0.1) is 18.6 Å². The quantitative estimate of drug-likeness (QED) is 0.390. The average molecular weight is 293 g/mol. The van der Waals surface area contributed by atoms with Crippen molar-refractivity contribution in [2.75, 3.05) is 0 Å². The Morgan fingerprint density at radius 2 is 2.05 bits per heavy atom. The summed E-state index contributed by atoms with van der Waals surface area (Å²) in [5, 5.41) is 11.4. The minimum Gasteiger partial charge on any atom is -0.409 e. The molecule has 0 saturated carbocycles. The smallest absolute Gasteiger partial charge is 0.262 e. The molecule has 110 valence electrons. The highest BCUT2D eigenvalue weighted by molar-refractivity contribution is 5.96. The van der Waals surface area contributed by atoms with Gasteiger partial charge in [-0.05, 0) is 25.1 Å². The second-order valence-electron chi connectivity index (χ2n) is 4.48. The van der Waals surface area contributed by atoms with Gasteiger partial charge in [-0.15, -0.1) is 0 Å². The van der Waals surface area contributed by atoms with Crippen LogP contribution in [0.1, 0.15) is 16.8 Å². The van der Waals surface area contributed by atoms with Gasteiger partial charge in [0.1, 0.15) is 0 Å². The highest BCUT2D eigenvalue weighted by Crippen LogP contribution is 2.13. The van der Waals surface area contributed by atoms with Crippen LogP contribution in [0.4, 0.5) is 8.78 Å². The van der Waals surface area contributed by atoms with Crippen molar-refractivity contribution in [3.8, 4) is 0 Å². The predicted octanol–water partition coefficient (Wildman–Crippen LogP) is 1.58. The Labute approximate surface area is 118 Å². The van der Waals surface area contributed by atoms with E-state index in [-0.39, 0.29) is 23.5 Å². The first-order valence-corrected chi connectivity index (χ1v) is 6.07. The zero-order valence-electron chi connectivity index (χ0n) is 11.2. The first-order chi connectivity index (χ1) is 9.95. The van der Waals surface area contributed by atoms with Gasteiger partial charge in [-0.1, -0.05) is 17.3 Å². The second-order valence-corrected chi connectivity index (χ2v) is 4.48. The van der Waals surface area contributed by atoms with Crippen molar-refractivity contribution in [2.45, 2.75) is 13.5 Å². The fourth-order valence-electron chi connectivity index (χ4n) is 1.96. The molecule has 1 aromatic carbocycles. The molecule has 5 nitrogen and oxygen atoms in total. The zero-order chi connectivity index (χ0) is 15.6. The summed E-state index contributed by atoms with van der Waals surface area (Å²) in [6, 6.07) is 6.74. The van der Waals surface area contributed by atoms with Crippen LogP contribution in [0.15, 0.2) is 40.3 Å². The standard InChI is InChI=1S/C14H13F2N3O2/c1-8-5-6-10(13(17)18-21)14(20)19(8)7-9-3-2-4-11(15)12(9)16/h2-6,21H,7H2,1H3,(H2,17,18). The number of benzene rings is 1. The number of oxime groups is 1. The molecule has 0 atom stereocenters. The Bertz CT molecular complexity index is 769. The van der Waals surface area contributed by atoms with Crippen LogP contribution in [-0.2, 0) is 6.54 Å². The molecule has 2 rings (SSSR count). The maximum atomic E-state index is 13.7. The van der Waals surface area contributed by atoms with Gasteiger partial charge in [-0.25, -0.2) is 8.78 Å². The zero-order valence-corrected chi connectivity index (χ0v) is 11.2. The lowest BCUT2D eigenvalue weighted by Crippen LogP contribution is -2.31. The van der Waals surface area contributed by atoms with Crippen molar-refractivity contribution in [3.63, 3.8) is 0 Å². The lowest BCUT2D eigenvalue weighted by molar-refractivity contribution is 0.318. The van der Waals surface area contributed by atoms with E-state index in [1.165, 1.54) is 22.8 Å². The van der Waals surface area contributed by atoms with E-state index in [0.29, 0.717) is 5.69 Å². The van der Waals surface area contributed by atoms with Crippen molar-refractivity contribution in [3.05, 3.63) is 69.1 Å². The SMILES string of the molecule is Cc1ccc(/C(N)=N/O)c(=O)n1Cc1cccc(F)c1F.